The second-order valence-corrected chi connectivity index (χ2v) is 6.95. The van der Waals surface area contributed by atoms with Crippen LogP contribution in [-0.2, 0) is 6.54 Å². The van der Waals surface area contributed by atoms with Gasteiger partial charge in [-0.3, -0.25) is 4.68 Å². The molecule has 1 fully saturated rings. The maximum absolute atomic E-state index is 6.33. The Morgan fingerprint density at radius 2 is 1.92 bits per heavy atom. The molecule has 2 N–H and O–H groups in total. The summed E-state index contributed by atoms with van der Waals surface area (Å²) >= 11 is 0. The van der Waals surface area contributed by atoms with E-state index in [0.717, 1.165) is 25.2 Å². The first-order valence-electron chi connectivity index (χ1n) is 9.24. The van der Waals surface area contributed by atoms with Gasteiger partial charge in [0.1, 0.15) is 0 Å². The molecule has 2 aromatic rings. The fourth-order valence-electron chi connectivity index (χ4n) is 3.79. The van der Waals surface area contributed by atoms with Gasteiger partial charge in [0.25, 0.3) is 0 Å². The van der Waals surface area contributed by atoms with Crippen LogP contribution in [0.4, 0.5) is 0 Å². The van der Waals surface area contributed by atoms with Crippen LogP contribution in [0, 0.1) is 6.92 Å². The molecule has 0 spiro atoms. The van der Waals surface area contributed by atoms with E-state index in [2.05, 4.69) is 58.9 Å². The van der Waals surface area contributed by atoms with E-state index in [1.807, 2.05) is 6.07 Å². The predicted octanol–water partition coefficient (Wildman–Crippen LogP) is 3.48. The first-order valence-corrected chi connectivity index (χ1v) is 9.24. The van der Waals surface area contributed by atoms with E-state index in [0.29, 0.717) is 5.92 Å². The lowest BCUT2D eigenvalue weighted by atomic mass is 9.92. The van der Waals surface area contributed by atoms with E-state index < -0.39 is 0 Å². The van der Waals surface area contributed by atoms with Crippen LogP contribution < -0.4 is 5.73 Å². The van der Waals surface area contributed by atoms with Gasteiger partial charge in [0, 0.05) is 24.2 Å². The van der Waals surface area contributed by atoms with E-state index in [4.69, 9.17) is 5.73 Å². The largest absolute Gasteiger partial charge is 0.324 e. The lowest BCUT2D eigenvalue weighted by molar-refractivity contribution is 0.202. The molecule has 24 heavy (non-hydrogen) atoms. The summed E-state index contributed by atoms with van der Waals surface area (Å²) in [5.41, 5.74) is 10.1. The van der Waals surface area contributed by atoms with E-state index in [1.54, 1.807) is 0 Å². The van der Waals surface area contributed by atoms with Crippen LogP contribution >= 0.6 is 0 Å². The molecule has 1 saturated heterocycles. The zero-order valence-electron chi connectivity index (χ0n) is 15.0. The SMILES string of the molecule is CCn1nc(C)cc1C1CCN(CC[C@@H](N)c2ccccc2)CC1. The Morgan fingerprint density at radius 1 is 1.21 bits per heavy atom. The third kappa shape index (κ3) is 4.05. The summed E-state index contributed by atoms with van der Waals surface area (Å²) < 4.78 is 2.18. The number of benzene rings is 1. The van der Waals surface area contributed by atoms with Crippen molar-refractivity contribution < 1.29 is 0 Å². The van der Waals surface area contributed by atoms with Gasteiger partial charge in [-0.25, -0.2) is 0 Å². The van der Waals surface area contributed by atoms with Crippen molar-refractivity contribution in [3.05, 3.63) is 53.3 Å². The van der Waals surface area contributed by atoms with E-state index in [1.165, 1.54) is 37.2 Å². The number of likely N-dealkylation sites (tertiary alicyclic amines) is 1. The zero-order chi connectivity index (χ0) is 16.9. The molecule has 0 saturated carbocycles. The molecule has 1 atom stereocenters. The second kappa shape index (κ2) is 7.95. The highest BCUT2D eigenvalue weighted by Crippen LogP contribution is 2.29. The van der Waals surface area contributed by atoms with Crippen molar-refractivity contribution >= 4 is 0 Å². The third-order valence-electron chi connectivity index (χ3n) is 5.22. The monoisotopic (exact) mass is 326 g/mol. The average molecular weight is 326 g/mol. The molecule has 1 aromatic heterocycles. The Morgan fingerprint density at radius 3 is 2.58 bits per heavy atom. The van der Waals surface area contributed by atoms with Crippen LogP contribution in [0.1, 0.15) is 55.1 Å². The summed E-state index contributed by atoms with van der Waals surface area (Å²) in [6.45, 7) is 8.66. The molecule has 0 bridgehead atoms. The number of piperidine rings is 1. The van der Waals surface area contributed by atoms with Gasteiger partial charge in [0.15, 0.2) is 0 Å². The van der Waals surface area contributed by atoms with Crippen LogP contribution in [0.15, 0.2) is 36.4 Å². The number of aromatic nitrogens is 2. The van der Waals surface area contributed by atoms with Gasteiger partial charge in [-0.05, 0) is 64.4 Å². The summed E-state index contributed by atoms with van der Waals surface area (Å²) in [7, 11) is 0. The lowest BCUT2D eigenvalue weighted by Crippen LogP contribution is -2.35. The quantitative estimate of drug-likeness (QED) is 0.884. The van der Waals surface area contributed by atoms with Gasteiger partial charge in [0.2, 0.25) is 0 Å². The molecular formula is C20H30N4. The normalized spacial score (nSPS) is 18.0. The third-order valence-corrected chi connectivity index (χ3v) is 5.22. The second-order valence-electron chi connectivity index (χ2n) is 6.95. The summed E-state index contributed by atoms with van der Waals surface area (Å²) in [5.74, 6) is 0.658. The van der Waals surface area contributed by atoms with Crippen LogP contribution in [0.2, 0.25) is 0 Å². The Bertz CT molecular complexity index is 626. The van der Waals surface area contributed by atoms with Crippen molar-refractivity contribution in [3.63, 3.8) is 0 Å². The Labute approximate surface area is 145 Å². The molecule has 4 nitrogen and oxygen atoms in total. The number of aryl methyl sites for hydroxylation is 2. The smallest absolute Gasteiger partial charge is 0.0596 e. The highest BCUT2D eigenvalue weighted by molar-refractivity contribution is 5.18. The van der Waals surface area contributed by atoms with Gasteiger partial charge in [0.05, 0.1) is 5.69 Å². The Balaban J connectivity index is 1.48. The van der Waals surface area contributed by atoms with Gasteiger partial charge in [-0.2, -0.15) is 5.10 Å². The molecule has 0 aliphatic carbocycles. The first kappa shape index (κ1) is 17.2. The van der Waals surface area contributed by atoms with E-state index in [9.17, 15) is 0 Å². The fourth-order valence-corrected chi connectivity index (χ4v) is 3.79. The highest BCUT2D eigenvalue weighted by atomic mass is 15.3. The van der Waals surface area contributed by atoms with Crippen LogP contribution in [0.25, 0.3) is 0 Å². The van der Waals surface area contributed by atoms with Gasteiger partial charge >= 0.3 is 0 Å². The minimum absolute atomic E-state index is 0.146. The molecule has 130 valence electrons. The van der Waals surface area contributed by atoms with Crippen molar-refractivity contribution in [1.29, 1.82) is 0 Å². The van der Waals surface area contributed by atoms with Crippen LogP contribution in [0.5, 0.6) is 0 Å². The molecule has 1 aromatic carbocycles. The van der Waals surface area contributed by atoms with Crippen molar-refractivity contribution in [1.82, 2.24) is 14.7 Å². The summed E-state index contributed by atoms with van der Waals surface area (Å²) in [6, 6.07) is 12.9. The van der Waals surface area contributed by atoms with Gasteiger partial charge in [-0.15, -0.1) is 0 Å². The van der Waals surface area contributed by atoms with E-state index >= 15 is 0 Å². The van der Waals surface area contributed by atoms with Crippen molar-refractivity contribution in [2.45, 2.75) is 51.6 Å². The number of hydrogen-bond donors (Lipinski definition) is 1. The molecule has 0 radical (unpaired) electrons. The van der Waals surface area contributed by atoms with E-state index in [-0.39, 0.29) is 6.04 Å². The maximum atomic E-state index is 6.33. The van der Waals surface area contributed by atoms with Gasteiger partial charge < -0.3 is 10.6 Å². The topological polar surface area (TPSA) is 47.1 Å². The number of rotatable bonds is 6. The van der Waals surface area contributed by atoms with Crippen molar-refractivity contribution in [2.24, 2.45) is 5.73 Å². The lowest BCUT2D eigenvalue weighted by Gasteiger charge is -2.32. The summed E-state index contributed by atoms with van der Waals surface area (Å²) in [4.78, 5) is 2.57. The molecule has 0 amide bonds. The number of nitrogens with zero attached hydrogens (tertiary/aromatic N) is 3. The average Bonchev–Trinajstić information content (AvgIpc) is 3.01. The highest BCUT2D eigenvalue weighted by Gasteiger charge is 2.23. The van der Waals surface area contributed by atoms with Crippen molar-refractivity contribution in [2.75, 3.05) is 19.6 Å². The minimum Gasteiger partial charge on any atom is -0.324 e. The zero-order valence-corrected chi connectivity index (χ0v) is 15.0. The molecular weight excluding hydrogens is 296 g/mol. The van der Waals surface area contributed by atoms with Crippen LogP contribution in [-0.4, -0.2) is 34.3 Å². The minimum atomic E-state index is 0.146. The summed E-state index contributed by atoms with van der Waals surface area (Å²) in [6.07, 6.45) is 3.48. The van der Waals surface area contributed by atoms with Crippen molar-refractivity contribution in [3.8, 4) is 0 Å². The predicted molar refractivity (Wildman–Crippen MR) is 99.0 cm³/mol. The standard InChI is InChI=1S/C20H30N4/c1-3-24-20(15-16(2)22-24)18-9-12-23(13-10-18)14-11-19(21)17-7-5-4-6-8-17/h4-8,15,18-19H,3,9-14,21H2,1-2H3/t19-/m1/s1. The molecule has 1 aliphatic heterocycles. The molecule has 0 unspecified atom stereocenters. The Hall–Kier alpha value is -1.65. The molecule has 3 rings (SSSR count). The summed E-state index contributed by atoms with van der Waals surface area (Å²) in [5, 5.41) is 4.60. The fraction of sp³-hybridized carbons (Fsp3) is 0.550. The maximum Gasteiger partial charge on any atom is 0.0596 e. The molecule has 2 heterocycles. The number of nitrogens with two attached hydrogens (primary N) is 1. The number of hydrogen-bond acceptors (Lipinski definition) is 3. The van der Waals surface area contributed by atoms with Crippen LogP contribution in [0.3, 0.4) is 0 Å². The van der Waals surface area contributed by atoms with Gasteiger partial charge in [-0.1, -0.05) is 30.3 Å². The first-order chi connectivity index (χ1) is 11.7. The Kier molecular flexibility index (Phi) is 5.69. The molecule has 1 aliphatic rings. The molecule has 4 heteroatoms.